The molecular weight excluding hydrogens is 450 g/mol. The first-order chi connectivity index (χ1) is 17.5. The number of benzene rings is 1. The Hall–Kier alpha value is -3.70. The molecule has 2 saturated heterocycles. The van der Waals surface area contributed by atoms with Crippen LogP contribution in [0.2, 0.25) is 0 Å². The molecule has 186 valence electrons. The summed E-state index contributed by atoms with van der Waals surface area (Å²) in [7, 11) is 0. The van der Waals surface area contributed by atoms with Gasteiger partial charge < -0.3 is 19.4 Å². The minimum atomic E-state index is 0.191. The van der Waals surface area contributed by atoms with Gasteiger partial charge in [0.25, 0.3) is 0 Å². The van der Waals surface area contributed by atoms with Crippen LogP contribution in [-0.2, 0) is 4.74 Å². The molecule has 0 radical (unpaired) electrons. The maximum Gasteiger partial charge on any atom is 0.228 e. The first-order valence-corrected chi connectivity index (χ1v) is 12.7. The maximum absolute atomic E-state index is 9.53. The van der Waals surface area contributed by atoms with Crippen molar-refractivity contribution < 1.29 is 4.74 Å². The Morgan fingerprint density at radius 3 is 2.47 bits per heavy atom. The van der Waals surface area contributed by atoms with Crippen LogP contribution in [0.5, 0.6) is 0 Å². The molecule has 0 bridgehead atoms. The van der Waals surface area contributed by atoms with Crippen LogP contribution < -0.4 is 14.7 Å². The van der Waals surface area contributed by atoms with Crippen LogP contribution >= 0.6 is 0 Å². The third-order valence-electron chi connectivity index (χ3n) is 7.00. The summed E-state index contributed by atoms with van der Waals surface area (Å²) in [5, 5.41) is 9.53. The van der Waals surface area contributed by atoms with Crippen LogP contribution in [-0.4, -0.2) is 66.9 Å². The topological polar surface area (TPSA) is 81.4 Å². The number of hydrogen-bond donors (Lipinski definition) is 0. The average Bonchev–Trinajstić information content (AvgIpc) is 2.93. The number of ether oxygens (including phenoxy) is 1. The third-order valence-corrected chi connectivity index (χ3v) is 7.00. The molecule has 3 aromatic rings. The van der Waals surface area contributed by atoms with Gasteiger partial charge in [-0.2, -0.15) is 10.2 Å². The second kappa shape index (κ2) is 10.5. The van der Waals surface area contributed by atoms with Crippen molar-refractivity contribution in [2.75, 3.05) is 60.6 Å². The predicted octanol–water partition coefficient (Wildman–Crippen LogP) is 4.09. The van der Waals surface area contributed by atoms with Crippen molar-refractivity contribution in [3.63, 3.8) is 0 Å². The SMILES string of the molecule is CC(C)c1ccc(-c2cc(N3CCN(c4ncccc4C#N)C[C@H]3C)nc(N3CCOCC3)n2)cc1. The lowest BCUT2D eigenvalue weighted by atomic mass is 10.0. The molecule has 0 spiro atoms. The van der Waals surface area contributed by atoms with Gasteiger partial charge in [-0.3, -0.25) is 0 Å². The highest BCUT2D eigenvalue weighted by atomic mass is 16.5. The van der Waals surface area contributed by atoms with Crippen LogP contribution in [0, 0.1) is 11.3 Å². The van der Waals surface area contributed by atoms with E-state index in [9.17, 15) is 5.26 Å². The fourth-order valence-electron chi connectivity index (χ4n) is 4.89. The number of aromatic nitrogens is 3. The normalized spacial score (nSPS) is 18.4. The van der Waals surface area contributed by atoms with Gasteiger partial charge in [0.1, 0.15) is 17.7 Å². The Kier molecular flexibility index (Phi) is 7.01. The van der Waals surface area contributed by atoms with Gasteiger partial charge in [-0.25, -0.2) is 9.97 Å². The molecule has 5 rings (SSSR count). The zero-order chi connectivity index (χ0) is 25.1. The average molecular weight is 484 g/mol. The van der Waals surface area contributed by atoms with Gasteiger partial charge in [-0.05, 0) is 30.5 Å². The Balaban J connectivity index is 1.45. The Labute approximate surface area is 213 Å². The fourth-order valence-corrected chi connectivity index (χ4v) is 4.89. The van der Waals surface area contributed by atoms with Gasteiger partial charge in [0.15, 0.2) is 0 Å². The van der Waals surface area contributed by atoms with Crippen molar-refractivity contribution >= 4 is 17.6 Å². The van der Waals surface area contributed by atoms with E-state index >= 15 is 0 Å². The number of piperazine rings is 1. The number of anilines is 3. The van der Waals surface area contributed by atoms with E-state index in [2.05, 4.69) is 76.9 Å². The Morgan fingerprint density at radius 2 is 1.78 bits per heavy atom. The fraction of sp³-hybridized carbons (Fsp3) is 0.429. The highest BCUT2D eigenvalue weighted by Crippen LogP contribution is 2.30. The summed E-state index contributed by atoms with van der Waals surface area (Å²) in [6.45, 7) is 11.9. The van der Waals surface area contributed by atoms with Crippen molar-refractivity contribution in [1.82, 2.24) is 15.0 Å². The second-order valence-corrected chi connectivity index (χ2v) is 9.76. The minimum absolute atomic E-state index is 0.191. The van der Waals surface area contributed by atoms with E-state index in [4.69, 9.17) is 14.7 Å². The zero-order valence-corrected chi connectivity index (χ0v) is 21.3. The van der Waals surface area contributed by atoms with E-state index in [0.29, 0.717) is 24.7 Å². The molecule has 2 aliphatic heterocycles. The molecule has 8 heteroatoms. The number of rotatable bonds is 5. The number of nitrogens with zero attached hydrogens (tertiary/aromatic N) is 7. The first kappa shape index (κ1) is 24.0. The lowest BCUT2D eigenvalue weighted by Gasteiger charge is -2.41. The van der Waals surface area contributed by atoms with Gasteiger partial charge in [-0.15, -0.1) is 0 Å². The number of hydrogen-bond acceptors (Lipinski definition) is 8. The Morgan fingerprint density at radius 1 is 1.00 bits per heavy atom. The lowest BCUT2D eigenvalue weighted by Crippen LogP contribution is -2.53. The van der Waals surface area contributed by atoms with Crippen LogP contribution in [0.25, 0.3) is 11.3 Å². The summed E-state index contributed by atoms with van der Waals surface area (Å²) >= 11 is 0. The molecule has 0 saturated carbocycles. The zero-order valence-electron chi connectivity index (χ0n) is 21.3. The molecule has 0 unspecified atom stereocenters. The smallest absolute Gasteiger partial charge is 0.228 e. The highest BCUT2D eigenvalue weighted by molar-refractivity contribution is 5.66. The molecule has 36 heavy (non-hydrogen) atoms. The standard InChI is InChI=1S/C28H33N7O/c1-20(2)22-6-8-23(9-7-22)25-17-26(32-28(31-25)33-13-15-36-16-14-33)35-12-11-34(19-21(35)3)27-24(18-29)5-4-10-30-27/h4-10,17,20-21H,11-16,19H2,1-3H3/t21-/m1/s1. The van der Waals surface area contributed by atoms with Crippen molar-refractivity contribution in [3.8, 4) is 17.3 Å². The number of nitriles is 1. The number of morpholine rings is 1. The first-order valence-electron chi connectivity index (χ1n) is 12.7. The molecule has 2 aliphatic rings. The maximum atomic E-state index is 9.53. The number of pyridine rings is 1. The molecule has 4 heterocycles. The van der Waals surface area contributed by atoms with Crippen molar-refractivity contribution in [1.29, 1.82) is 5.26 Å². The third kappa shape index (κ3) is 4.98. The second-order valence-electron chi connectivity index (χ2n) is 9.76. The van der Waals surface area contributed by atoms with E-state index in [1.165, 1.54) is 5.56 Å². The van der Waals surface area contributed by atoms with Crippen LogP contribution in [0.3, 0.4) is 0 Å². The van der Waals surface area contributed by atoms with E-state index < -0.39 is 0 Å². The summed E-state index contributed by atoms with van der Waals surface area (Å²) in [4.78, 5) is 21.3. The van der Waals surface area contributed by atoms with Crippen molar-refractivity contribution in [2.45, 2.75) is 32.7 Å². The van der Waals surface area contributed by atoms with Gasteiger partial charge in [0.05, 0.1) is 24.5 Å². The van der Waals surface area contributed by atoms with Gasteiger partial charge in [0.2, 0.25) is 5.95 Å². The molecule has 1 atom stereocenters. The summed E-state index contributed by atoms with van der Waals surface area (Å²) in [6.07, 6.45) is 1.75. The van der Waals surface area contributed by atoms with E-state index in [1.807, 2.05) is 12.1 Å². The van der Waals surface area contributed by atoms with Crippen LogP contribution in [0.1, 0.15) is 37.8 Å². The Bertz CT molecular complexity index is 1230. The van der Waals surface area contributed by atoms with Crippen LogP contribution in [0.4, 0.5) is 17.6 Å². The molecule has 2 fully saturated rings. The molecule has 0 aliphatic carbocycles. The largest absolute Gasteiger partial charge is 0.378 e. The predicted molar refractivity (Wildman–Crippen MR) is 143 cm³/mol. The molecular formula is C28H33N7O. The quantitative estimate of drug-likeness (QED) is 0.537. The summed E-state index contributed by atoms with van der Waals surface area (Å²) in [5.74, 6) is 2.93. The van der Waals surface area contributed by atoms with Gasteiger partial charge >= 0.3 is 0 Å². The summed E-state index contributed by atoms with van der Waals surface area (Å²) < 4.78 is 5.57. The van der Waals surface area contributed by atoms with E-state index in [0.717, 1.165) is 61.6 Å². The monoisotopic (exact) mass is 483 g/mol. The summed E-state index contributed by atoms with van der Waals surface area (Å²) in [5.41, 5.74) is 3.96. The molecule has 8 nitrogen and oxygen atoms in total. The summed E-state index contributed by atoms with van der Waals surface area (Å²) in [6, 6.07) is 16.9. The molecule has 0 N–H and O–H groups in total. The highest BCUT2D eigenvalue weighted by Gasteiger charge is 2.28. The molecule has 0 amide bonds. The van der Waals surface area contributed by atoms with E-state index in [1.54, 1.807) is 6.20 Å². The van der Waals surface area contributed by atoms with Crippen molar-refractivity contribution in [2.24, 2.45) is 0 Å². The molecule has 2 aromatic heterocycles. The van der Waals surface area contributed by atoms with Crippen molar-refractivity contribution in [3.05, 3.63) is 59.8 Å². The minimum Gasteiger partial charge on any atom is -0.378 e. The lowest BCUT2D eigenvalue weighted by molar-refractivity contribution is 0.122. The molecule has 1 aromatic carbocycles. The van der Waals surface area contributed by atoms with Gasteiger partial charge in [0, 0.05) is 56.6 Å². The van der Waals surface area contributed by atoms with E-state index in [-0.39, 0.29) is 6.04 Å². The van der Waals surface area contributed by atoms with Crippen LogP contribution in [0.15, 0.2) is 48.7 Å². The van der Waals surface area contributed by atoms with Gasteiger partial charge in [-0.1, -0.05) is 38.1 Å².